The van der Waals surface area contributed by atoms with Gasteiger partial charge in [0.2, 0.25) is 5.91 Å². The molecule has 3 N–H and O–H groups in total. The molecule has 0 aliphatic heterocycles. The van der Waals surface area contributed by atoms with E-state index in [1.807, 2.05) is 13.8 Å². The zero-order chi connectivity index (χ0) is 20.5. The highest BCUT2D eigenvalue weighted by atomic mass is 16.3. The number of carbonyl (C=O) groups is 2. The van der Waals surface area contributed by atoms with Gasteiger partial charge in [0.1, 0.15) is 6.10 Å². The molecule has 0 aromatic carbocycles. The molecular weight excluding hydrogens is 370 g/mol. The summed E-state index contributed by atoms with van der Waals surface area (Å²) in [6.45, 7) is 3.81. The van der Waals surface area contributed by atoms with Crippen molar-refractivity contribution in [1.82, 2.24) is 25.2 Å². The fourth-order valence-electron chi connectivity index (χ4n) is 3.86. The molecule has 8 nitrogen and oxygen atoms in total. The van der Waals surface area contributed by atoms with Crippen LogP contribution >= 0.6 is 0 Å². The van der Waals surface area contributed by atoms with Gasteiger partial charge in [-0.3, -0.25) is 14.0 Å². The quantitative estimate of drug-likeness (QED) is 0.688. The summed E-state index contributed by atoms with van der Waals surface area (Å²) in [5.74, 6) is 0.513. The summed E-state index contributed by atoms with van der Waals surface area (Å²) in [5, 5.41) is 24.7. The maximum Gasteiger partial charge on any atom is 0.252 e. The summed E-state index contributed by atoms with van der Waals surface area (Å²) in [5.41, 5.74) is 1.10. The highest BCUT2D eigenvalue weighted by molar-refractivity contribution is 5.94. The summed E-state index contributed by atoms with van der Waals surface area (Å²) in [6.07, 6.45) is 6.35. The molecule has 2 heterocycles. The lowest BCUT2D eigenvalue weighted by atomic mass is 9.85. The SMILES string of the molecule is CC(C)C(O)c1nnc2ccc(C(=O)NC3CCC(C(=O)NC4CC4)CC3)cn12. The van der Waals surface area contributed by atoms with Crippen molar-refractivity contribution in [3.8, 4) is 0 Å². The van der Waals surface area contributed by atoms with Crippen LogP contribution in [0.2, 0.25) is 0 Å². The third kappa shape index (κ3) is 4.42. The van der Waals surface area contributed by atoms with E-state index in [1.165, 1.54) is 0 Å². The van der Waals surface area contributed by atoms with Crippen molar-refractivity contribution in [1.29, 1.82) is 0 Å². The first-order valence-electron chi connectivity index (χ1n) is 10.6. The van der Waals surface area contributed by atoms with Crippen molar-refractivity contribution in [2.75, 3.05) is 0 Å². The monoisotopic (exact) mass is 399 g/mol. The van der Waals surface area contributed by atoms with Crippen LogP contribution in [0.3, 0.4) is 0 Å². The normalized spacial score (nSPS) is 23.2. The first-order valence-corrected chi connectivity index (χ1v) is 10.6. The van der Waals surface area contributed by atoms with Crippen LogP contribution in [0.4, 0.5) is 0 Å². The van der Waals surface area contributed by atoms with Gasteiger partial charge in [-0.05, 0) is 56.6 Å². The van der Waals surface area contributed by atoms with Gasteiger partial charge in [0, 0.05) is 24.2 Å². The van der Waals surface area contributed by atoms with Gasteiger partial charge in [0.25, 0.3) is 5.91 Å². The molecule has 0 radical (unpaired) electrons. The second-order valence-corrected chi connectivity index (χ2v) is 8.70. The van der Waals surface area contributed by atoms with Crippen LogP contribution < -0.4 is 10.6 Å². The van der Waals surface area contributed by atoms with Crippen molar-refractivity contribution >= 4 is 17.5 Å². The molecule has 1 unspecified atom stereocenters. The zero-order valence-electron chi connectivity index (χ0n) is 17.0. The molecule has 0 spiro atoms. The number of amides is 2. The van der Waals surface area contributed by atoms with Crippen molar-refractivity contribution < 1.29 is 14.7 Å². The number of nitrogens with zero attached hydrogens (tertiary/aromatic N) is 3. The van der Waals surface area contributed by atoms with E-state index in [-0.39, 0.29) is 29.7 Å². The third-order valence-corrected chi connectivity index (χ3v) is 5.94. The van der Waals surface area contributed by atoms with E-state index in [0.29, 0.717) is 23.1 Å². The van der Waals surface area contributed by atoms with E-state index in [0.717, 1.165) is 38.5 Å². The van der Waals surface area contributed by atoms with Crippen LogP contribution in [-0.2, 0) is 4.79 Å². The standard InChI is InChI=1S/C21H29N5O3/c1-12(2)18(27)19-25-24-17-10-5-14(11-26(17)19)21(29)23-15-6-3-13(4-7-15)20(28)22-16-8-9-16/h5,10-13,15-16,18,27H,3-4,6-9H2,1-2H3,(H,22,28)(H,23,29). The van der Waals surface area contributed by atoms with Crippen LogP contribution in [0.25, 0.3) is 5.65 Å². The summed E-state index contributed by atoms with van der Waals surface area (Å²) < 4.78 is 1.68. The number of hydrogen-bond donors (Lipinski definition) is 3. The molecule has 2 aromatic heterocycles. The Morgan fingerprint density at radius 3 is 2.34 bits per heavy atom. The second kappa shape index (κ2) is 8.10. The lowest BCUT2D eigenvalue weighted by Crippen LogP contribution is -2.41. The number of aliphatic hydroxyl groups is 1. The Morgan fingerprint density at radius 1 is 1.03 bits per heavy atom. The van der Waals surface area contributed by atoms with E-state index in [9.17, 15) is 14.7 Å². The Hall–Kier alpha value is -2.48. The van der Waals surface area contributed by atoms with Gasteiger partial charge in [0.15, 0.2) is 11.5 Å². The molecular formula is C21H29N5O3. The molecule has 29 heavy (non-hydrogen) atoms. The molecule has 156 valence electrons. The number of aliphatic hydroxyl groups excluding tert-OH is 1. The largest absolute Gasteiger partial charge is 0.385 e. The predicted molar refractivity (Wildman–Crippen MR) is 107 cm³/mol. The minimum absolute atomic E-state index is 0.00724. The molecule has 2 aliphatic rings. The molecule has 0 bridgehead atoms. The Kier molecular flexibility index (Phi) is 5.54. The predicted octanol–water partition coefficient (Wildman–Crippen LogP) is 1.99. The molecule has 4 rings (SSSR count). The van der Waals surface area contributed by atoms with Gasteiger partial charge < -0.3 is 15.7 Å². The van der Waals surface area contributed by atoms with Crippen LogP contribution in [0.1, 0.15) is 74.7 Å². The minimum Gasteiger partial charge on any atom is -0.385 e. The van der Waals surface area contributed by atoms with E-state index in [4.69, 9.17) is 0 Å². The summed E-state index contributed by atoms with van der Waals surface area (Å²) in [6, 6.07) is 3.92. The van der Waals surface area contributed by atoms with Gasteiger partial charge in [-0.2, -0.15) is 0 Å². The van der Waals surface area contributed by atoms with E-state index < -0.39 is 6.10 Å². The van der Waals surface area contributed by atoms with Crippen LogP contribution in [-0.4, -0.2) is 43.6 Å². The van der Waals surface area contributed by atoms with E-state index in [1.54, 1.807) is 22.7 Å². The Bertz CT molecular complexity index is 897. The van der Waals surface area contributed by atoms with Crippen LogP contribution in [0.15, 0.2) is 18.3 Å². The third-order valence-electron chi connectivity index (χ3n) is 5.94. The molecule has 8 heteroatoms. The first kappa shape index (κ1) is 19.8. The lowest BCUT2D eigenvalue weighted by Gasteiger charge is -2.28. The number of nitrogens with one attached hydrogen (secondary N) is 2. The topological polar surface area (TPSA) is 109 Å². The summed E-state index contributed by atoms with van der Waals surface area (Å²) in [7, 11) is 0. The summed E-state index contributed by atoms with van der Waals surface area (Å²) >= 11 is 0. The number of rotatable bonds is 6. The van der Waals surface area contributed by atoms with E-state index in [2.05, 4.69) is 20.8 Å². The molecule has 1 atom stereocenters. The molecule has 2 aliphatic carbocycles. The smallest absolute Gasteiger partial charge is 0.252 e. The van der Waals surface area contributed by atoms with Crippen LogP contribution in [0, 0.1) is 11.8 Å². The number of hydrogen-bond acceptors (Lipinski definition) is 5. The van der Waals surface area contributed by atoms with Crippen molar-refractivity contribution in [3.05, 3.63) is 29.7 Å². The van der Waals surface area contributed by atoms with Gasteiger partial charge >= 0.3 is 0 Å². The summed E-state index contributed by atoms with van der Waals surface area (Å²) in [4.78, 5) is 25.0. The van der Waals surface area contributed by atoms with E-state index >= 15 is 0 Å². The van der Waals surface area contributed by atoms with Crippen molar-refractivity contribution in [3.63, 3.8) is 0 Å². The van der Waals surface area contributed by atoms with Gasteiger partial charge in [-0.25, -0.2) is 0 Å². The second-order valence-electron chi connectivity index (χ2n) is 8.70. The number of pyridine rings is 1. The minimum atomic E-state index is -0.750. The maximum atomic E-state index is 12.8. The Labute approximate surface area is 170 Å². The Morgan fingerprint density at radius 2 is 1.69 bits per heavy atom. The zero-order valence-corrected chi connectivity index (χ0v) is 17.0. The van der Waals surface area contributed by atoms with Gasteiger partial charge in [0.05, 0.1) is 5.56 Å². The highest BCUT2D eigenvalue weighted by Crippen LogP contribution is 2.27. The fraction of sp³-hybridized carbons (Fsp3) is 0.619. The fourth-order valence-corrected chi connectivity index (χ4v) is 3.86. The van der Waals surface area contributed by atoms with Crippen LogP contribution in [0.5, 0.6) is 0 Å². The average Bonchev–Trinajstić information content (AvgIpc) is 3.43. The molecule has 2 fully saturated rings. The number of fused-ring (bicyclic) bond motifs is 1. The van der Waals surface area contributed by atoms with Crippen molar-refractivity contribution in [2.24, 2.45) is 11.8 Å². The maximum absolute atomic E-state index is 12.8. The Balaban J connectivity index is 1.38. The molecule has 0 saturated heterocycles. The molecule has 2 amide bonds. The highest BCUT2D eigenvalue weighted by Gasteiger charge is 2.31. The van der Waals surface area contributed by atoms with Gasteiger partial charge in [-0.1, -0.05) is 13.8 Å². The number of aromatic nitrogens is 3. The number of carbonyl (C=O) groups excluding carboxylic acids is 2. The van der Waals surface area contributed by atoms with Crippen molar-refractivity contribution in [2.45, 2.75) is 70.6 Å². The molecule has 2 aromatic rings. The van der Waals surface area contributed by atoms with Gasteiger partial charge in [-0.15, -0.1) is 10.2 Å². The lowest BCUT2D eigenvalue weighted by molar-refractivity contribution is -0.126. The first-order chi connectivity index (χ1) is 13.9. The molecule has 2 saturated carbocycles. The average molecular weight is 399 g/mol.